The summed E-state index contributed by atoms with van der Waals surface area (Å²) in [7, 11) is 0. The van der Waals surface area contributed by atoms with Crippen molar-refractivity contribution in [2.24, 2.45) is 5.41 Å². The van der Waals surface area contributed by atoms with Gasteiger partial charge in [0.05, 0.1) is 5.69 Å². The maximum Gasteiger partial charge on any atom is 0.254 e. The number of halogens is 2. The highest BCUT2D eigenvalue weighted by atomic mass is 19.1. The Morgan fingerprint density at radius 2 is 1.74 bits per heavy atom. The van der Waals surface area contributed by atoms with Crippen molar-refractivity contribution < 1.29 is 18.4 Å². The van der Waals surface area contributed by atoms with E-state index in [1.54, 1.807) is 31.2 Å². The highest BCUT2D eigenvalue weighted by Crippen LogP contribution is 2.46. The van der Waals surface area contributed by atoms with Crippen LogP contribution in [0.1, 0.15) is 45.1 Å². The van der Waals surface area contributed by atoms with Gasteiger partial charge in [-0.1, -0.05) is 38.1 Å². The molecule has 0 unspecified atom stereocenters. The van der Waals surface area contributed by atoms with Gasteiger partial charge < -0.3 is 10.6 Å². The number of carbonyl (C=O) groups is 2. The summed E-state index contributed by atoms with van der Waals surface area (Å²) in [5.41, 5.74) is 2.71. The Morgan fingerprint density at radius 3 is 2.42 bits per heavy atom. The van der Waals surface area contributed by atoms with E-state index < -0.39 is 23.5 Å². The molecule has 0 saturated carbocycles. The van der Waals surface area contributed by atoms with Gasteiger partial charge in [0, 0.05) is 34.9 Å². The van der Waals surface area contributed by atoms with Crippen LogP contribution < -0.4 is 10.6 Å². The van der Waals surface area contributed by atoms with Crippen LogP contribution in [0.5, 0.6) is 0 Å². The second-order valence-corrected chi connectivity index (χ2v) is 8.92. The van der Waals surface area contributed by atoms with Gasteiger partial charge in [-0.15, -0.1) is 0 Å². The second-order valence-electron chi connectivity index (χ2n) is 8.92. The number of rotatable bonds is 3. The van der Waals surface area contributed by atoms with E-state index in [1.807, 2.05) is 13.8 Å². The predicted octanol–water partition coefficient (Wildman–Crippen LogP) is 5.21. The normalized spacial score (nSPS) is 20.3. The lowest BCUT2D eigenvalue weighted by molar-refractivity contribution is -0.118. The van der Waals surface area contributed by atoms with Crippen molar-refractivity contribution in [2.45, 2.75) is 39.5 Å². The van der Waals surface area contributed by atoms with Gasteiger partial charge in [0.1, 0.15) is 11.6 Å². The Bertz CT molecular complexity index is 1130. The molecular formula is C25H24F2N2O2. The van der Waals surface area contributed by atoms with Crippen LogP contribution in [0.3, 0.4) is 0 Å². The lowest BCUT2D eigenvalue weighted by Crippen LogP contribution is -2.39. The van der Waals surface area contributed by atoms with Gasteiger partial charge in [0.15, 0.2) is 5.78 Å². The zero-order valence-electron chi connectivity index (χ0n) is 17.7. The Hall–Kier alpha value is -3.28. The molecule has 2 aliphatic rings. The van der Waals surface area contributed by atoms with Crippen molar-refractivity contribution in [1.82, 2.24) is 5.32 Å². The van der Waals surface area contributed by atoms with Crippen LogP contribution in [0.2, 0.25) is 0 Å². The summed E-state index contributed by atoms with van der Waals surface area (Å²) in [5, 5.41) is 5.88. The molecule has 31 heavy (non-hydrogen) atoms. The third kappa shape index (κ3) is 4.02. The van der Waals surface area contributed by atoms with Crippen LogP contribution in [0.4, 0.5) is 14.5 Å². The Kier molecular flexibility index (Phi) is 5.25. The first-order valence-electron chi connectivity index (χ1n) is 10.2. The van der Waals surface area contributed by atoms with E-state index in [1.165, 1.54) is 24.3 Å². The van der Waals surface area contributed by atoms with Crippen LogP contribution in [0.15, 0.2) is 71.1 Å². The van der Waals surface area contributed by atoms with Crippen molar-refractivity contribution in [1.29, 1.82) is 0 Å². The molecule has 0 spiro atoms. The SMILES string of the molecule is CC1=C(C(=O)Nc2ccccc2F)[C@@H](c2ccc(F)cc2)C2=C(CC(C)(C)CC2=O)N1. The molecule has 1 aliphatic carbocycles. The van der Waals surface area contributed by atoms with Crippen LogP contribution in [0, 0.1) is 17.0 Å². The standard InChI is InChI=1S/C25H24F2N2O2/c1-14-21(24(31)29-18-7-5-4-6-17(18)27)22(15-8-10-16(26)11-9-15)23-19(28-14)12-25(2,3)13-20(23)30/h4-11,22,28H,12-13H2,1-3H3,(H,29,31)/t22-/m1/s1. The molecule has 6 heteroatoms. The number of anilines is 1. The highest BCUT2D eigenvalue weighted by Gasteiger charge is 2.42. The lowest BCUT2D eigenvalue weighted by atomic mass is 9.68. The molecule has 2 aromatic carbocycles. The number of ketones is 1. The van der Waals surface area contributed by atoms with Crippen molar-refractivity contribution >= 4 is 17.4 Å². The number of benzene rings is 2. The Morgan fingerprint density at radius 1 is 1.06 bits per heavy atom. The number of dihydropyridines is 1. The topological polar surface area (TPSA) is 58.2 Å². The van der Waals surface area contributed by atoms with E-state index in [0.717, 1.165) is 5.70 Å². The smallest absolute Gasteiger partial charge is 0.254 e. The van der Waals surface area contributed by atoms with Crippen LogP contribution in [0.25, 0.3) is 0 Å². The minimum atomic E-state index is -0.660. The van der Waals surface area contributed by atoms with Gasteiger partial charge >= 0.3 is 0 Å². The van der Waals surface area contributed by atoms with Crippen molar-refractivity contribution in [2.75, 3.05) is 5.32 Å². The molecule has 4 nitrogen and oxygen atoms in total. The van der Waals surface area contributed by atoms with E-state index in [2.05, 4.69) is 10.6 Å². The molecule has 0 saturated heterocycles. The summed E-state index contributed by atoms with van der Waals surface area (Å²) in [6, 6.07) is 11.7. The van der Waals surface area contributed by atoms with Gasteiger partial charge in [-0.25, -0.2) is 8.78 Å². The molecule has 0 fully saturated rings. The van der Waals surface area contributed by atoms with Crippen molar-refractivity contribution in [3.63, 3.8) is 0 Å². The van der Waals surface area contributed by atoms with Gasteiger partial charge in [0.2, 0.25) is 0 Å². The number of amides is 1. The fourth-order valence-corrected chi connectivity index (χ4v) is 4.48. The minimum absolute atomic E-state index is 0.0447. The lowest BCUT2D eigenvalue weighted by Gasteiger charge is -2.39. The molecular weight excluding hydrogens is 398 g/mol. The average Bonchev–Trinajstić information content (AvgIpc) is 2.68. The fraction of sp³-hybridized carbons (Fsp3) is 0.280. The van der Waals surface area contributed by atoms with Crippen LogP contribution >= 0.6 is 0 Å². The molecule has 160 valence electrons. The molecule has 4 rings (SSSR count). The molecule has 1 heterocycles. The quantitative estimate of drug-likeness (QED) is 0.714. The molecule has 1 atom stereocenters. The summed E-state index contributed by atoms with van der Waals surface area (Å²) >= 11 is 0. The molecule has 2 aromatic rings. The summed E-state index contributed by atoms with van der Waals surface area (Å²) in [5.74, 6) is -2.16. The maximum atomic E-state index is 14.1. The summed E-state index contributed by atoms with van der Waals surface area (Å²) < 4.78 is 27.7. The first-order chi connectivity index (χ1) is 14.7. The molecule has 0 radical (unpaired) electrons. The molecule has 1 aliphatic heterocycles. The number of para-hydroxylation sites is 1. The van der Waals surface area contributed by atoms with E-state index in [9.17, 15) is 18.4 Å². The van der Waals surface area contributed by atoms with E-state index >= 15 is 0 Å². The first-order valence-corrected chi connectivity index (χ1v) is 10.2. The minimum Gasteiger partial charge on any atom is -0.362 e. The summed E-state index contributed by atoms with van der Waals surface area (Å²) in [6.07, 6.45) is 1.01. The average molecular weight is 422 g/mol. The number of nitrogens with one attached hydrogen (secondary N) is 2. The zero-order chi connectivity index (χ0) is 22.3. The largest absolute Gasteiger partial charge is 0.362 e. The zero-order valence-corrected chi connectivity index (χ0v) is 17.7. The van der Waals surface area contributed by atoms with Crippen LogP contribution in [-0.2, 0) is 9.59 Å². The monoisotopic (exact) mass is 422 g/mol. The number of allylic oxidation sites excluding steroid dienone is 3. The van der Waals surface area contributed by atoms with Crippen molar-refractivity contribution in [3.8, 4) is 0 Å². The second kappa shape index (κ2) is 7.76. The Labute approximate surface area is 180 Å². The van der Waals surface area contributed by atoms with Crippen molar-refractivity contribution in [3.05, 3.63) is 88.3 Å². The predicted molar refractivity (Wildman–Crippen MR) is 115 cm³/mol. The van der Waals surface area contributed by atoms with Gasteiger partial charge in [0.25, 0.3) is 5.91 Å². The van der Waals surface area contributed by atoms with Gasteiger partial charge in [-0.2, -0.15) is 0 Å². The fourth-order valence-electron chi connectivity index (χ4n) is 4.48. The maximum absolute atomic E-state index is 14.1. The summed E-state index contributed by atoms with van der Waals surface area (Å²) in [6.45, 7) is 5.83. The third-order valence-electron chi connectivity index (χ3n) is 5.81. The van der Waals surface area contributed by atoms with E-state index in [4.69, 9.17) is 0 Å². The Balaban J connectivity index is 1.81. The van der Waals surface area contributed by atoms with E-state index in [0.29, 0.717) is 35.2 Å². The molecule has 0 bridgehead atoms. The molecule has 2 N–H and O–H groups in total. The number of Topliss-reactive ketones (excluding diaryl/α,β-unsaturated/α-hetero) is 1. The third-order valence-corrected chi connectivity index (χ3v) is 5.81. The number of carbonyl (C=O) groups excluding carboxylic acids is 2. The van der Waals surface area contributed by atoms with E-state index in [-0.39, 0.29) is 16.9 Å². The summed E-state index contributed by atoms with van der Waals surface area (Å²) in [4.78, 5) is 26.5. The highest BCUT2D eigenvalue weighted by molar-refractivity contribution is 6.10. The number of hydrogen-bond acceptors (Lipinski definition) is 3. The van der Waals surface area contributed by atoms with Gasteiger partial charge in [-0.3, -0.25) is 9.59 Å². The molecule has 1 amide bonds. The number of hydrogen-bond donors (Lipinski definition) is 2. The van der Waals surface area contributed by atoms with Crippen LogP contribution in [-0.4, -0.2) is 11.7 Å². The van der Waals surface area contributed by atoms with Gasteiger partial charge in [-0.05, 0) is 48.6 Å². The molecule has 0 aromatic heterocycles. The first kappa shape index (κ1) is 21.0.